The maximum absolute atomic E-state index is 12.2. The molecule has 2 heterocycles. The highest BCUT2D eigenvalue weighted by atomic mass is 16.5. The summed E-state index contributed by atoms with van der Waals surface area (Å²) < 4.78 is 5.58. The van der Waals surface area contributed by atoms with Crippen molar-refractivity contribution in [3.8, 4) is 5.88 Å². The van der Waals surface area contributed by atoms with E-state index in [1.165, 1.54) is 6.33 Å². The lowest BCUT2D eigenvalue weighted by molar-refractivity contribution is -0.118. The lowest BCUT2D eigenvalue weighted by atomic mass is 10.2. The van der Waals surface area contributed by atoms with E-state index in [9.17, 15) is 4.79 Å². The molecule has 1 amide bonds. The van der Waals surface area contributed by atoms with E-state index in [0.717, 1.165) is 34.2 Å². The van der Waals surface area contributed by atoms with Gasteiger partial charge in [0.05, 0.1) is 21.9 Å². The molecule has 0 radical (unpaired) electrons. The zero-order chi connectivity index (χ0) is 17.9. The number of aromatic amines is 1. The van der Waals surface area contributed by atoms with Crippen molar-refractivity contribution in [2.45, 2.75) is 13.3 Å². The maximum atomic E-state index is 12.2. The van der Waals surface area contributed by atoms with Crippen molar-refractivity contribution in [3.05, 3.63) is 54.6 Å². The topological polar surface area (TPSA) is 92.8 Å². The molecule has 7 nitrogen and oxygen atoms in total. The van der Waals surface area contributed by atoms with Crippen LogP contribution in [0.1, 0.15) is 12.7 Å². The van der Waals surface area contributed by atoms with Gasteiger partial charge in [-0.25, -0.2) is 15.0 Å². The molecular weight excluding hydrogens is 330 g/mol. The number of nitrogens with zero attached hydrogens (tertiary/aromatic N) is 3. The molecule has 0 aliphatic heterocycles. The van der Waals surface area contributed by atoms with Crippen LogP contribution in [-0.4, -0.2) is 32.4 Å². The Morgan fingerprint density at radius 2 is 2.04 bits per heavy atom. The van der Waals surface area contributed by atoms with Crippen LogP contribution < -0.4 is 10.1 Å². The molecule has 26 heavy (non-hydrogen) atoms. The van der Waals surface area contributed by atoms with E-state index >= 15 is 0 Å². The number of hydrogen-bond acceptors (Lipinski definition) is 5. The molecule has 2 aromatic heterocycles. The Morgan fingerprint density at radius 1 is 1.15 bits per heavy atom. The van der Waals surface area contributed by atoms with Gasteiger partial charge in [0, 0.05) is 12.1 Å². The number of imidazole rings is 1. The predicted molar refractivity (Wildman–Crippen MR) is 99.1 cm³/mol. The third-order valence-corrected chi connectivity index (χ3v) is 4.00. The van der Waals surface area contributed by atoms with Gasteiger partial charge in [0.1, 0.15) is 12.2 Å². The van der Waals surface area contributed by atoms with Gasteiger partial charge < -0.3 is 15.0 Å². The molecule has 7 heteroatoms. The molecule has 0 aliphatic carbocycles. The minimum Gasteiger partial charge on any atom is -0.467 e. The van der Waals surface area contributed by atoms with Crippen molar-refractivity contribution in [3.63, 3.8) is 0 Å². The molecule has 0 bridgehead atoms. The Bertz CT molecular complexity index is 1080. The zero-order valence-corrected chi connectivity index (χ0v) is 14.2. The summed E-state index contributed by atoms with van der Waals surface area (Å²) in [5.74, 6) is 1.05. The fourth-order valence-electron chi connectivity index (χ4n) is 2.73. The molecule has 0 atom stereocenters. The summed E-state index contributed by atoms with van der Waals surface area (Å²) in [4.78, 5) is 28.2. The monoisotopic (exact) mass is 347 g/mol. The van der Waals surface area contributed by atoms with Crippen molar-refractivity contribution in [1.29, 1.82) is 0 Å². The van der Waals surface area contributed by atoms with E-state index in [0.29, 0.717) is 11.6 Å². The standard InChI is InChI=1S/C19H17N5O2/c1-2-17-23-15-8-7-12(9-16(15)24-17)22-18(25)10-26-19-13-5-3-4-6-14(13)20-11-21-19/h3-9,11H,2,10H2,1H3,(H,22,25)(H,23,24). The Balaban J connectivity index is 1.45. The lowest BCUT2D eigenvalue weighted by Crippen LogP contribution is -2.20. The Kier molecular flexibility index (Phi) is 4.18. The van der Waals surface area contributed by atoms with Gasteiger partial charge in [0.15, 0.2) is 6.61 Å². The van der Waals surface area contributed by atoms with Crippen LogP contribution >= 0.6 is 0 Å². The molecule has 0 aliphatic rings. The van der Waals surface area contributed by atoms with Gasteiger partial charge >= 0.3 is 0 Å². The number of fused-ring (bicyclic) bond motifs is 2. The lowest BCUT2D eigenvalue weighted by Gasteiger charge is -2.08. The van der Waals surface area contributed by atoms with E-state index in [-0.39, 0.29) is 12.5 Å². The van der Waals surface area contributed by atoms with Crippen molar-refractivity contribution < 1.29 is 9.53 Å². The fourth-order valence-corrected chi connectivity index (χ4v) is 2.73. The molecule has 0 fully saturated rings. The minimum absolute atomic E-state index is 0.137. The number of ether oxygens (including phenoxy) is 1. The second-order valence-electron chi connectivity index (χ2n) is 5.80. The van der Waals surface area contributed by atoms with E-state index in [2.05, 4.69) is 25.3 Å². The normalized spacial score (nSPS) is 11.0. The Hall–Kier alpha value is -3.48. The predicted octanol–water partition coefficient (Wildman–Crippen LogP) is 3.09. The number of aryl methyl sites for hydroxylation is 1. The number of carbonyl (C=O) groups excluding carboxylic acids is 1. The molecule has 0 unspecified atom stereocenters. The van der Waals surface area contributed by atoms with Gasteiger partial charge in [-0.1, -0.05) is 19.1 Å². The molecule has 4 aromatic rings. The minimum atomic E-state index is -0.262. The number of benzene rings is 2. The van der Waals surface area contributed by atoms with Crippen LogP contribution in [0.4, 0.5) is 5.69 Å². The highest BCUT2D eigenvalue weighted by Gasteiger charge is 2.09. The molecule has 0 saturated heterocycles. The van der Waals surface area contributed by atoms with Crippen LogP contribution in [0.15, 0.2) is 48.8 Å². The maximum Gasteiger partial charge on any atom is 0.262 e. The number of H-pyrrole nitrogens is 1. The highest BCUT2D eigenvalue weighted by molar-refractivity contribution is 5.94. The summed E-state index contributed by atoms with van der Waals surface area (Å²) in [6, 6.07) is 13.1. The van der Waals surface area contributed by atoms with E-state index in [4.69, 9.17) is 4.74 Å². The summed E-state index contributed by atoms with van der Waals surface area (Å²) in [5.41, 5.74) is 3.23. The number of para-hydroxylation sites is 1. The van der Waals surface area contributed by atoms with Gasteiger partial charge in [-0.15, -0.1) is 0 Å². The van der Waals surface area contributed by atoms with Crippen LogP contribution in [0.5, 0.6) is 5.88 Å². The smallest absolute Gasteiger partial charge is 0.262 e. The summed E-state index contributed by atoms with van der Waals surface area (Å²) >= 11 is 0. The second-order valence-corrected chi connectivity index (χ2v) is 5.80. The van der Waals surface area contributed by atoms with Gasteiger partial charge in [0.2, 0.25) is 5.88 Å². The Labute approximate surface area is 149 Å². The SMILES string of the molecule is CCc1nc2ccc(NC(=O)COc3ncnc4ccccc34)cc2[nH]1. The molecule has 130 valence electrons. The molecule has 0 saturated carbocycles. The van der Waals surface area contributed by atoms with Crippen LogP contribution in [0.3, 0.4) is 0 Å². The van der Waals surface area contributed by atoms with E-state index < -0.39 is 0 Å². The van der Waals surface area contributed by atoms with Crippen LogP contribution in [-0.2, 0) is 11.2 Å². The van der Waals surface area contributed by atoms with Gasteiger partial charge in [-0.2, -0.15) is 0 Å². The van der Waals surface area contributed by atoms with Crippen molar-refractivity contribution >= 4 is 33.5 Å². The largest absolute Gasteiger partial charge is 0.467 e. The van der Waals surface area contributed by atoms with Gasteiger partial charge in [0.25, 0.3) is 5.91 Å². The molecule has 2 aromatic carbocycles. The first-order valence-corrected chi connectivity index (χ1v) is 8.34. The molecular formula is C19H17N5O2. The number of aromatic nitrogens is 4. The average Bonchev–Trinajstić information content (AvgIpc) is 3.09. The number of anilines is 1. The van der Waals surface area contributed by atoms with Crippen molar-refractivity contribution in [2.24, 2.45) is 0 Å². The first-order valence-electron chi connectivity index (χ1n) is 8.34. The van der Waals surface area contributed by atoms with Crippen molar-refractivity contribution in [2.75, 3.05) is 11.9 Å². The quantitative estimate of drug-likeness (QED) is 0.579. The third kappa shape index (κ3) is 3.19. The van der Waals surface area contributed by atoms with Gasteiger partial charge in [-0.3, -0.25) is 4.79 Å². The number of amides is 1. The first kappa shape index (κ1) is 16.0. The number of hydrogen-bond donors (Lipinski definition) is 2. The fraction of sp³-hybridized carbons (Fsp3) is 0.158. The first-order chi connectivity index (χ1) is 12.7. The molecule has 2 N–H and O–H groups in total. The molecule has 0 spiro atoms. The van der Waals surface area contributed by atoms with Crippen LogP contribution in [0, 0.1) is 0 Å². The van der Waals surface area contributed by atoms with Crippen LogP contribution in [0.25, 0.3) is 21.9 Å². The summed E-state index contributed by atoms with van der Waals surface area (Å²) in [6.45, 7) is 1.90. The van der Waals surface area contributed by atoms with E-state index in [1.807, 2.05) is 49.4 Å². The number of rotatable bonds is 5. The van der Waals surface area contributed by atoms with Crippen LogP contribution in [0.2, 0.25) is 0 Å². The van der Waals surface area contributed by atoms with Crippen molar-refractivity contribution in [1.82, 2.24) is 19.9 Å². The second kappa shape index (κ2) is 6.79. The number of carbonyl (C=O) groups is 1. The third-order valence-electron chi connectivity index (χ3n) is 4.00. The zero-order valence-electron chi connectivity index (χ0n) is 14.2. The number of nitrogens with one attached hydrogen (secondary N) is 2. The van der Waals surface area contributed by atoms with E-state index in [1.54, 1.807) is 0 Å². The van der Waals surface area contributed by atoms with Gasteiger partial charge in [-0.05, 0) is 30.3 Å². The average molecular weight is 347 g/mol. The summed E-state index contributed by atoms with van der Waals surface area (Å²) in [5, 5.41) is 3.60. The summed E-state index contributed by atoms with van der Waals surface area (Å²) in [7, 11) is 0. The molecule has 4 rings (SSSR count). The highest BCUT2D eigenvalue weighted by Crippen LogP contribution is 2.21. The summed E-state index contributed by atoms with van der Waals surface area (Å²) in [6.07, 6.45) is 2.25. The Morgan fingerprint density at radius 3 is 2.92 bits per heavy atom.